The van der Waals surface area contributed by atoms with Gasteiger partial charge < -0.3 is 5.11 Å². The van der Waals surface area contributed by atoms with Crippen molar-refractivity contribution in [2.24, 2.45) is 0 Å². The molecule has 0 aromatic heterocycles. The van der Waals surface area contributed by atoms with E-state index in [1.807, 2.05) is 0 Å². The minimum Gasteiger partial charge on any atom is -0.481 e. The van der Waals surface area contributed by atoms with Crippen molar-refractivity contribution in [3.63, 3.8) is 0 Å². The van der Waals surface area contributed by atoms with Gasteiger partial charge in [-0.3, -0.25) is 19.2 Å². The maximum atomic E-state index is 12.4. The van der Waals surface area contributed by atoms with Gasteiger partial charge in [0.25, 0.3) is 0 Å². The van der Waals surface area contributed by atoms with E-state index in [0.29, 0.717) is 49.7 Å². The predicted octanol–water partition coefficient (Wildman–Crippen LogP) is 8.14. The fourth-order valence-electron chi connectivity index (χ4n) is 4.23. The van der Waals surface area contributed by atoms with Crippen LogP contribution in [-0.4, -0.2) is 28.4 Å². The summed E-state index contributed by atoms with van der Waals surface area (Å²) in [5.74, 6) is -0.272. The summed E-state index contributed by atoms with van der Waals surface area (Å²) in [6, 6.07) is 7.16. The standard InChI is InChI=1S/C30H46O5/c1-2-3-4-5-9-12-18-28(32)25-21-23-26(24-22-25)29(33)19-13-10-7-6-8-11-16-27(31)17-14-15-20-30(34)35/h21-24H,2-20H2,1H3,(H,34,35). The number of rotatable bonds is 23. The summed E-state index contributed by atoms with van der Waals surface area (Å²) in [6.07, 6.45) is 16.5. The van der Waals surface area contributed by atoms with Crippen LogP contribution in [0.15, 0.2) is 24.3 Å². The molecule has 1 N–H and O–H groups in total. The van der Waals surface area contributed by atoms with Gasteiger partial charge in [-0.2, -0.15) is 0 Å². The third-order valence-electron chi connectivity index (χ3n) is 6.49. The van der Waals surface area contributed by atoms with Gasteiger partial charge in [0.2, 0.25) is 0 Å². The average molecular weight is 487 g/mol. The molecule has 0 aliphatic heterocycles. The molecule has 1 aromatic carbocycles. The lowest BCUT2D eigenvalue weighted by molar-refractivity contribution is -0.137. The van der Waals surface area contributed by atoms with E-state index in [2.05, 4.69) is 6.92 Å². The predicted molar refractivity (Wildman–Crippen MR) is 141 cm³/mol. The van der Waals surface area contributed by atoms with Crippen molar-refractivity contribution in [2.75, 3.05) is 0 Å². The minimum absolute atomic E-state index is 0.133. The highest BCUT2D eigenvalue weighted by Crippen LogP contribution is 2.15. The fraction of sp³-hybridized carbons (Fsp3) is 0.667. The highest BCUT2D eigenvalue weighted by atomic mass is 16.4. The first kappa shape index (κ1) is 30.7. The van der Waals surface area contributed by atoms with Crippen molar-refractivity contribution in [3.05, 3.63) is 35.4 Å². The molecule has 196 valence electrons. The van der Waals surface area contributed by atoms with Crippen molar-refractivity contribution in [3.8, 4) is 0 Å². The summed E-state index contributed by atoms with van der Waals surface area (Å²) in [5.41, 5.74) is 1.39. The third-order valence-corrected chi connectivity index (χ3v) is 6.49. The molecule has 0 aliphatic rings. The highest BCUT2D eigenvalue weighted by molar-refractivity contribution is 5.99. The second-order valence-corrected chi connectivity index (χ2v) is 9.70. The van der Waals surface area contributed by atoms with Gasteiger partial charge in [-0.15, -0.1) is 0 Å². The van der Waals surface area contributed by atoms with E-state index in [-0.39, 0.29) is 23.8 Å². The molecule has 0 amide bonds. The van der Waals surface area contributed by atoms with Gasteiger partial charge in [0.15, 0.2) is 11.6 Å². The highest BCUT2D eigenvalue weighted by Gasteiger charge is 2.09. The number of unbranched alkanes of at least 4 members (excludes halogenated alkanes) is 11. The van der Waals surface area contributed by atoms with Gasteiger partial charge in [-0.25, -0.2) is 0 Å². The number of Topliss-reactive ketones (excluding diaryl/α,β-unsaturated/α-hetero) is 3. The molecule has 0 saturated heterocycles. The zero-order valence-electron chi connectivity index (χ0n) is 21.8. The van der Waals surface area contributed by atoms with Crippen LogP contribution in [0.2, 0.25) is 0 Å². The summed E-state index contributed by atoms with van der Waals surface area (Å²) >= 11 is 0. The number of carboxylic acids is 1. The molecule has 0 heterocycles. The van der Waals surface area contributed by atoms with Crippen molar-refractivity contribution in [1.82, 2.24) is 0 Å². The Morgan fingerprint density at radius 2 is 0.857 bits per heavy atom. The van der Waals surface area contributed by atoms with E-state index >= 15 is 0 Å². The third kappa shape index (κ3) is 16.1. The van der Waals surface area contributed by atoms with Crippen molar-refractivity contribution in [1.29, 1.82) is 0 Å². The van der Waals surface area contributed by atoms with E-state index in [1.54, 1.807) is 24.3 Å². The van der Waals surface area contributed by atoms with Crippen LogP contribution in [0.3, 0.4) is 0 Å². The van der Waals surface area contributed by atoms with Crippen molar-refractivity contribution in [2.45, 2.75) is 129 Å². The SMILES string of the molecule is CCCCCCCCC(=O)c1ccc(C(=O)CCCCCCCCC(=O)CCCCC(=O)O)cc1. The van der Waals surface area contributed by atoms with Gasteiger partial charge >= 0.3 is 5.97 Å². The van der Waals surface area contributed by atoms with Crippen LogP contribution in [0, 0.1) is 0 Å². The Balaban J connectivity index is 2.08. The lowest BCUT2D eigenvalue weighted by Crippen LogP contribution is -2.02. The van der Waals surface area contributed by atoms with E-state index in [1.165, 1.54) is 25.7 Å². The Hall–Kier alpha value is -2.30. The molecule has 0 aliphatic carbocycles. The Morgan fingerprint density at radius 3 is 1.29 bits per heavy atom. The van der Waals surface area contributed by atoms with Crippen LogP contribution in [0.25, 0.3) is 0 Å². The van der Waals surface area contributed by atoms with Crippen LogP contribution in [0.4, 0.5) is 0 Å². The second kappa shape index (κ2) is 19.9. The van der Waals surface area contributed by atoms with Gasteiger partial charge in [-0.05, 0) is 32.1 Å². The van der Waals surface area contributed by atoms with Crippen LogP contribution >= 0.6 is 0 Å². The lowest BCUT2D eigenvalue weighted by Gasteiger charge is -2.05. The number of hydrogen-bond donors (Lipinski definition) is 1. The van der Waals surface area contributed by atoms with E-state index in [0.717, 1.165) is 51.4 Å². The fourth-order valence-corrected chi connectivity index (χ4v) is 4.23. The summed E-state index contributed by atoms with van der Waals surface area (Å²) in [4.78, 5) is 47.0. The summed E-state index contributed by atoms with van der Waals surface area (Å²) in [6.45, 7) is 2.20. The average Bonchev–Trinajstić information content (AvgIpc) is 2.85. The van der Waals surface area contributed by atoms with Crippen LogP contribution < -0.4 is 0 Å². The zero-order chi connectivity index (χ0) is 25.7. The molecule has 0 radical (unpaired) electrons. The molecule has 5 nitrogen and oxygen atoms in total. The van der Waals surface area contributed by atoms with Crippen molar-refractivity contribution >= 4 is 23.3 Å². The molecule has 35 heavy (non-hydrogen) atoms. The number of hydrogen-bond acceptors (Lipinski definition) is 4. The summed E-state index contributed by atoms with van der Waals surface area (Å²) in [5, 5.41) is 8.59. The van der Waals surface area contributed by atoms with E-state index < -0.39 is 5.97 Å². The normalized spacial score (nSPS) is 10.9. The molecule has 1 aromatic rings. The first-order valence-electron chi connectivity index (χ1n) is 13.8. The summed E-state index contributed by atoms with van der Waals surface area (Å²) < 4.78 is 0. The Kier molecular flexibility index (Phi) is 17.5. The molecule has 5 heteroatoms. The smallest absolute Gasteiger partial charge is 0.303 e. The molecular formula is C30H46O5. The Bertz CT molecular complexity index is 751. The van der Waals surface area contributed by atoms with E-state index in [4.69, 9.17) is 5.11 Å². The molecule has 0 bridgehead atoms. The monoisotopic (exact) mass is 486 g/mol. The molecule has 0 saturated carbocycles. The second-order valence-electron chi connectivity index (χ2n) is 9.70. The summed E-state index contributed by atoms with van der Waals surface area (Å²) in [7, 11) is 0. The number of aliphatic carboxylic acids is 1. The van der Waals surface area contributed by atoms with Crippen molar-refractivity contribution < 1.29 is 24.3 Å². The molecular weight excluding hydrogens is 440 g/mol. The van der Waals surface area contributed by atoms with Gasteiger partial charge in [0.1, 0.15) is 5.78 Å². The molecule has 0 spiro atoms. The first-order valence-corrected chi connectivity index (χ1v) is 13.8. The molecule has 1 rings (SSSR count). The number of benzene rings is 1. The van der Waals surface area contributed by atoms with Crippen LogP contribution in [-0.2, 0) is 9.59 Å². The molecule has 0 fully saturated rings. The first-order chi connectivity index (χ1) is 16.9. The maximum Gasteiger partial charge on any atom is 0.303 e. The lowest BCUT2D eigenvalue weighted by atomic mass is 9.99. The zero-order valence-corrected chi connectivity index (χ0v) is 21.8. The number of carbonyl (C=O) groups excluding carboxylic acids is 3. The van der Waals surface area contributed by atoms with Crippen LogP contribution in [0.1, 0.15) is 150 Å². The number of carboxylic acid groups (broad SMARTS) is 1. The van der Waals surface area contributed by atoms with Gasteiger partial charge in [-0.1, -0.05) is 89.0 Å². The molecule has 0 unspecified atom stereocenters. The minimum atomic E-state index is -0.803. The van der Waals surface area contributed by atoms with Gasteiger partial charge in [0, 0.05) is 43.2 Å². The maximum absolute atomic E-state index is 12.4. The molecule has 0 atom stereocenters. The number of ketones is 3. The topological polar surface area (TPSA) is 88.5 Å². The van der Waals surface area contributed by atoms with Gasteiger partial charge in [0.05, 0.1) is 0 Å². The Morgan fingerprint density at radius 1 is 0.514 bits per heavy atom. The number of carbonyl (C=O) groups is 4. The van der Waals surface area contributed by atoms with E-state index in [9.17, 15) is 19.2 Å². The quantitative estimate of drug-likeness (QED) is 0.125. The Labute approximate surface area is 212 Å². The van der Waals surface area contributed by atoms with Crippen LogP contribution in [0.5, 0.6) is 0 Å². The largest absolute Gasteiger partial charge is 0.481 e.